The SMILES string of the molecule is O=C(Nc1cccnc1)C1NCC2CCCC21. The molecule has 3 atom stereocenters. The third-order valence-corrected chi connectivity index (χ3v) is 3.96. The van der Waals surface area contributed by atoms with Gasteiger partial charge in [0.2, 0.25) is 5.91 Å². The molecule has 2 heterocycles. The van der Waals surface area contributed by atoms with E-state index in [2.05, 4.69) is 15.6 Å². The van der Waals surface area contributed by atoms with Crippen LogP contribution in [0.25, 0.3) is 0 Å². The molecule has 90 valence electrons. The van der Waals surface area contributed by atoms with E-state index >= 15 is 0 Å². The molecule has 1 aliphatic carbocycles. The maximum absolute atomic E-state index is 12.2. The predicted molar refractivity (Wildman–Crippen MR) is 65.5 cm³/mol. The number of nitrogens with one attached hydrogen (secondary N) is 2. The number of fused-ring (bicyclic) bond motifs is 1. The maximum Gasteiger partial charge on any atom is 0.241 e. The zero-order chi connectivity index (χ0) is 11.7. The molecule has 2 fully saturated rings. The van der Waals surface area contributed by atoms with Crippen LogP contribution in [0.15, 0.2) is 24.5 Å². The molecular formula is C13H17N3O. The van der Waals surface area contributed by atoms with Crippen LogP contribution < -0.4 is 10.6 Å². The second-order valence-electron chi connectivity index (χ2n) is 4.97. The predicted octanol–water partition coefficient (Wildman–Crippen LogP) is 1.41. The Balaban J connectivity index is 1.67. The molecule has 1 saturated heterocycles. The second kappa shape index (κ2) is 4.45. The van der Waals surface area contributed by atoms with Crippen molar-refractivity contribution in [1.82, 2.24) is 10.3 Å². The van der Waals surface area contributed by atoms with Crippen molar-refractivity contribution in [2.75, 3.05) is 11.9 Å². The van der Waals surface area contributed by atoms with Crippen LogP contribution in [0.1, 0.15) is 19.3 Å². The Labute approximate surface area is 101 Å². The van der Waals surface area contributed by atoms with E-state index in [1.165, 1.54) is 19.3 Å². The van der Waals surface area contributed by atoms with E-state index in [-0.39, 0.29) is 11.9 Å². The summed E-state index contributed by atoms with van der Waals surface area (Å²) in [5, 5.41) is 6.28. The van der Waals surface area contributed by atoms with Gasteiger partial charge in [-0.15, -0.1) is 0 Å². The third-order valence-electron chi connectivity index (χ3n) is 3.96. The first-order chi connectivity index (χ1) is 8.34. The second-order valence-corrected chi connectivity index (χ2v) is 4.97. The van der Waals surface area contributed by atoms with Crippen LogP contribution in [-0.4, -0.2) is 23.5 Å². The molecule has 0 bridgehead atoms. The minimum absolute atomic E-state index is 0.0114. The lowest BCUT2D eigenvalue weighted by Gasteiger charge is -2.17. The summed E-state index contributed by atoms with van der Waals surface area (Å²) < 4.78 is 0. The molecule has 0 radical (unpaired) electrons. The van der Waals surface area contributed by atoms with Crippen molar-refractivity contribution in [3.63, 3.8) is 0 Å². The molecule has 0 aromatic carbocycles. The third kappa shape index (κ3) is 2.05. The monoisotopic (exact) mass is 231 g/mol. The maximum atomic E-state index is 12.2. The summed E-state index contributed by atoms with van der Waals surface area (Å²) in [4.78, 5) is 16.2. The van der Waals surface area contributed by atoms with Crippen LogP contribution in [0.2, 0.25) is 0 Å². The van der Waals surface area contributed by atoms with Gasteiger partial charge in [0.05, 0.1) is 17.9 Å². The topological polar surface area (TPSA) is 54.0 Å². The lowest BCUT2D eigenvalue weighted by molar-refractivity contribution is -0.118. The van der Waals surface area contributed by atoms with Crippen molar-refractivity contribution in [1.29, 1.82) is 0 Å². The van der Waals surface area contributed by atoms with E-state index in [9.17, 15) is 4.79 Å². The molecule has 1 saturated carbocycles. The lowest BCUT2D eigenvalue weighted by atomic mass is 9.93. The van der Waals surface area contributed by atoms with Gasteiger partial charge in [-0.3, -0.25) is 9.78 Å². The number of aromatic nitrogens is 1. The number of hydrogen-bond acceptors (Lipinski definition) is 3. The van der Waals surface area contributed by atoms with Crippen LogP contribution in [0.5, 0.6) is 0 Å². The first-order valence-corrected chi connectivity index (χ1v) is 6.29. The number of carbonyl (C=O) groups is 1. The van der Waals surface area contributed by atoms with Crippen LogP contribution in [0, 0.1) is 11.8 Å². The van der Waals surface area contributed by atoms with Crippen LogP contribution in [-0.2, 0) is 4.79 Å². The zero-order valence-corrected chi connectivity index (χ0v) is 9.73. The van der Waals surface area contributed by atoms with E-state index in [1.807, 2.05) is 12.1 Å². The van der Waals surface area contributed by atoms with Gasteiger partial charge in [0, 0.05) is 6.20 Å². The summed E-state index contributed by atoms with van der Waals surface area (Å²) in [7, 11) is 0. The largest absolute Gasteiger partial charge is 0.323 e. The highest BCUT2D eigenvalue weighted by Crippen LogP contribution is 2.37. The smallest absolute Gasteiger partial charge is 0.241 e. The van der Waals surface area contributed by atoms with Gasteiger partial charge in [-0.25, -0.2) is 0 Å². The van der Waals surface area contributed by atoms with E-state index in [1.54, 1.807) is 12.4 Å². The average molecular weight is 231 g/mol. The standard InChI is InChI=1S/C13H17N3O/c17-13(16-10-4-2-6-14-8-10)12-11-5-1-3-9(11)7-15-12/h2,4,6,8-9,11-12,15H,1,3,5,7H2,(H,16,17). The van der Waals surface area contributed by atoms with Crippen LogP contribution in [0.3, 0.4) is 0 Å². The molecular weight excluding hydrogens is 214 g/mol. The number of nitrogens with zero attached hydrogens (tertiary/aromatic N) is 1. The van der Waals surface area contributed by atoms with Gasteiger partial charge in [-0.2, -0.15) is 0 Å². The van der Waals surface area contributed by atoms with Gasteiger partial charge in [0.25, 0.3) is 0 Å². The number of amides is 1. The van der Waals surface area contributed by atoms with Crippen LogP contribution in [0.4, 0.5) is 5.69 Å². The summed E-state index contributed by atoms with van der Waals surface area (Å²) in [6, 6.07) is 3.69. The molecule has 1 aromatic heterocycles. The van der Waals surface area contributed by atoms with Crippen molar-refractivity contribution in [3.8, 4) is 0 Å². The Morgan fingerprint density at radius 2 is 2.41 bits per heavy atom. The van der Waals surface area contributed by atoms with Crippen molar-refractivity contribution in [2.24, 2.45) is 11.8 Å². The molecule has 4 heteroatoms. The minimum atomic E-state index is -0.0114. The normalized spacial score (nSPS) is 31.2. The van der Waals surface area contributed by atoms with Gasteiger partial charge >= 0.3 is 0 Å². The van der Waals surface area contributed by atoms with Gasteiger partial charge in [-0.1, -0.05) is 6.42 Å². The van der Waals surface area contributed by atoms with Gasteiger partial charge in [0.1, 0.15) is 0 Å². The number of carbonyl (C=O) groups excluding carboxylic acids is 1. The molecule has 4 nitrogen and oxygen atoms in total. The molecule has 1 aromatic rings. The summed E-state index contributed by atoms with van der Waals surface area (Å²) in [5.41, 5.74) is 0.778. The fraction of sp³-hybridized carbons (Fsp3) is 0.538. The van der Waals surface area contributed by atoms with Crippen molar-refractivity contribution in [2.45, 2.75) is 25.3 Å². The highest BCUT2D eigenvalue weighted by molar-refractivity contribution is 5.95. The van der Waals surface area contributed by atoms with Crippen LogP contribution >= 0.6 is 0 Å². The van der Waals surface area contributed by atoms with E-state index in [0.29, 0.717) is 11.8 Å². The molecule has 1 aliphatic heterocycles. The molecule has 3 rings (SSSR count). The molecule has 2 N–H and O–H groups in total. The summed E-state index contributed by atoms with van der Waals surface area (Å²) >= 11 is 0. The number of anilines is 1. The highest BCUT2D eigenvalue weighted by Gasteiger charge is 2.42. The van der Waals surface area contributed by atoms with Gasteiger partial charge < -0.3 is 10.6 Å². The van der Waals surface area contributed by atoms with Gasteiger partial charge in [-0.05, 0) is 43.4 Å². The fourth-order valence-electron chi connectivity index (χ4n) is 3.13. The molecule has 3 unspecified atom stereocenters. The molecule has 0 spiro atoms. The Bertz CT molecular complexity index is 406. The fourth-order valence-corrected chi connectivity index (χ4v) is 3.13. The van der Waals surface area contributed by atoms with Gasteiger partial charge in [0.15, 0.2) is 0 Å². The number of hydrogen-bond donors (Lipinski definition) is 2. The quantitative estimate of drug-likeness (QED) is 0.809. The van der Waals surface area contributed by atoms with E-state index in [4.69, 9.17) is 0 Å². The number of rotatable bonds is 2. The first kappa shape index (κ1) is 10.7. The Kier molecular flexibility index (Phi) is 2.81. The Hall–Kier alpha value is -1.42. The van der Waals surface area contributed by atoms with Crippen molar-refractivity contribution >= 4 is 11.6 Å². The van der Waals surface area contributed by atoms with E-state index in [0.717, 1.165) is 12.2 Å². The molecule has 2 aliphatic rings. The summed E-state index contributed by atoms with van der Waals surface area (Å²) in [6.45, 7) is 0.996. The van der Waals surface area contributed by atoms with E-state index < -0.39 is 0 Å². The van der Waals surface area contributed by atoms with Crippen molar-refractivity contribution < 1.29 is 4.79 Å². The van der Waals surface area contributed by atoms with Crippen molar-refractivity contribution in [3.05, 3.63) is 24.5 Å². The first-order valence-electron chi connectivity index (χ1n) is 6.29. The number of pyridine rings is 1. The Morgan fingerprint density at radius 3 is 3.24 bits per heavy atom. The Morgan fingerprint density at radius 1 is 1.47 bits per heavy atom. The molecule has 17 heavy (non-hydrogen) atoms. The highest BCUT2D eigenvalue weighted by atomic mass is 16.2. The summed E-state index contributed by atoms with van der Waals surface area (Å²) in [6.07, 6.45) is 7.11. The lowest BCUT2D eigenvalue weighted by Crippen LogP contribution is -2.39. The minimum Gasteiger partial charge on any atom is -0.323 e. The zero-order valence-electron chi connectivity index (χ0n) is 9.73. The summed E-state index contributed by atoms with van der Waals surface area (Å²) in [5.74, 6) is 1.33. The average Bonchev–Trinajstić information content (AvgIpc) is 2.91. The molecule has 1 amide bonds.